The molecule has 0 unspecified atom stereocenters. The largest absolute Gasteiger partial charge is 0.484 e. The van der Waals surface area contributed by atoms with Crippen LogP contribution in [-0.2, 0) is 11.2 Å². The fraction of sp³-hybridized carbons (Fsp3) is 0.235. The maximum Gasteiger partial charge on any atom is 0.262 e. The van der Waals surface area contributed by atoms with Crippen LogP contribution in [0.1, 0.15) is 18.9 Å². The molecule has 0 radical (unpaired) electrons. The van der Waals surface area contributed by atoms with Crippen LogP contribution in [0.15, 0.2) is 48.5 Å². The molecule has 2 rings (SSSR count). The Morgan fingerprint density at radius 1 is 1.19 bits per heavy atom. The summed E-state index contributed by atoms with van der Waals surface area (Å²) in [6.07, 6.45) is 1.97. The quantitative estimate of drug-likeness (QED) is 0.800. The van der Waals surface area contributed by atoms with E-state index in [-0.39, 0.29) is 12.5 Å². The number of carbonyl (C=O) groups excluding carboxylic acids is 1. The van der Waals surface area contributed by atoms with E-state index in [1.807, 2.05) is 24.3 Å². The highest BCUT2D eigenvalue weighted by molar-refractivity contribution is 5.92. The van der Waals surface area contributed by atoms with E-state index in [9.17, 15) is 4.79 Å². The molecule has 0 aliphatic rings. The van der Waals surface area contributed by atoms with Gasteiger partial charge in [0, 0.05) is 17.4 Å². The summed E-state index contributed by atoms with van der Waals surface area (Å²) in [4.78, 5) is 12.0. The summed E-state index contributed by atoms with van der Waals surface area (Å²) in [6, 6.07) is 14.8. The normalized spacial score (nSPS) is 10.1. The second-order valence-electron chi connectivity index (χ2n) is 4.82. The molecule has 4 nitrogen and oxygen atoms in total. The van der Waals surface area contributed by atoms with Gasteiger partial charge >= 0.3 is 0 Å². The van der Waals surface area contributed by atoms with Gasteiger partial charge in [-0.1, -0.05) is 37.6 Å². The van der Waals surface area contributed by atoms with Gasteiger partial charge in [0.1, 0.15) is 5.75 Å². The molecule has 2 aromatic carbocycles. The fourth-order valence-corrected chi connectivity index (χ4v) is 2.07. The minimum atomic E-state index is -0.180. The van der Waals surface area contributed by atoms with Crippen LogP contribution >= 0.6 is 0 Å². The molecular formula is C17H20N2O2. The van der Waals surface area contributed by atoms with Crippen molar-refractivity contribution in [3.05, 3.63) is 54.1 Å². The SMILES string of the molecule is CCCc1ccccc1NC(=O)COc1cccc(N)c1. The van der Waals surface area contributed by atoms with E-state index in [0.29, 0.717) is 11.4 Å². The van der Waals surface area contributed by atoms with E-state index in [0.717, 1.165) is 24.1 Å². The molecule has 0 fully saturated rings. The number of carbonyl (C=O) groups is 1. The molecule has 0 saturated carbocycles. The molecule has 3 N–H and O–H groups in total. The number of benzene rings is 2. The number of nitrogen functional groups attached to an aromatic ring is 1. The van der Waals surface area contributed by atoms with Gasteiger partial charge in [-0.05, 0) is 30.2 Å². The third kappa shape index (κ3) is 4.53. The van der Waals surface area contributed by atoms with Crippen LogP contribution in [-0.4, -0.2) is 12.5 Å². The zero-order chi connectivity index (χ0) is 15.1. The van der Waals surface area contributed by atoms with Crippen molar-refractivity contribution in [3.8, 4) is 5.75 Å². The van der Waals surface area contributed by atoms with E-state index >= 15 is 0 Å². The van der Waals surface area contributed by atoms with E-state index in [1.165, 1.54) is 0 Å². The highest BCUT2D eigenvalue weighted by Gasteiger charge is 2.07. The number of hydrogen-bond acceptors (Lipinski definition) is 3. The number of hydrogen-bond donors (Lipinski definition) is 2. The van der Waals surface area contributed by atoms with Crippen molar-refractivity contribution >= 4 is 17.3 Å². The summed E-state index contributed by atoms with van der Waals surface area (Å²) < 4.78 is 5.43. The van der Waals surface area contributed by atoms with E-state index in [4.69, 9.17) is 10.5 Å². The zero-order valence-electron chi connectivity index (χ0n) is 12.1. The van der Waals surface area contributed by atoms with Gasteiger partial charge in [-0.2, -0.15) is 0 Å². The lowest BCUT2D eigenvalue weighted by Crippen LogP contribution is -2.20. The highest BCUT2D eigenvalue weighted by atomic mass is 16.5. The Hall–Kier alpha value is -2.49. The Balaban J connectivity index is 1.93. The molecule has 0 saturated heterocycles. The Morgan fingerprint density at radius 3 is 2.76 bits per heavy atom. The summed E-state index contributed by atoms with van der Waals surface area (Å²) in [5, 5.41) is 2.89. The van der Waals surface area contributed by atoms with Crippen molar-refractivity contribution in [1.82, 2.24) is 0 Å². The average Bonchev–Trinajstić information content (AvgIpc) is 2.48. The van der Waals surface area contributed by atoms with Crippen LogP contribution in [0.2, 0.25) is 0 Å². The topological polar surface area (TPSA) is 64.3 Å². The third-order valence-corrected chi connectivity index (χ3v) is 3.04. The second-order valence-corrected chi connectivity index (χ2v) is 4.82. The molecule has 0 aliphatic heterocycles. The molecule has 0 atom stereocenters. The summed E-state index contributed by atoms with van der Waals surface area (Å²) in [5.41, 5.74) is 8.26. The standard InChI is InChI=1S/C17H20N2O2/c1-2-6-13-7-3-4-10-16(13)19-17(20)12-21-15-9-5-8-14(18)11-15/h3-5,7-11H,2,6,12,18H2,1H3,(H,19,20). The fourth-order valence-electron chi connectivity index (χ4n) is 2.07. The van der Waals surface area contributed by atoms with Crippen LogP contribution in [0, 0.1) is 0 Å². The summed E-state index contributed by atoms with van der Waals surface area (Å²) >= 11 is 0. The first-order chi connectivity index (χ1) is 10.2. The number of ether oxygens (including phenoxy) is 1. The molecular weight excluding hydrogens is 264 g/mol. The number of anilines is 2. The monoisotopic (exact) mass is 284 g/mol. The van der Waals surface area contributed by atoms with E-state index in [1.54, 1.807) is 24.3 Å². The molecule has 1 amide bonds. The van der Waals surface area contributed by atoms with Gasteiger partial charge in [0.25, 0.3) is 5.91 Å². The lowest BCUT2D eigenvalue weighted by Gasteiger charge is -2.11. The van der Waals surface area contributed by atoms with Crippen molar-refractivity contribution in [1.29, 1.82) is 0 Å². The van der Waals surface area contributed by atoms with Crippen molar-refractivity contribution < 1.29 is 9.53 Å². The van der Waals surface area contributed by atoms with Crippen LogP contribution < -0.4 is 15.8 Å². The van der Waals surface area contributed by atoms with Crippen molar-refractivity contribution in [3.63, 3.8) is 0 Å². The predicted octanol–water partition coefficient (Wildman–Crippen LogP) is 3.24. The van der Waals surface area contributed by atoms with E-state index < -0.39 is 0 Å². The minimum absolute atomic E-state index is 0.0378. The molecule has 0 bridgehead atoms. The van der Waals surface area contributed by atoms with Gasteiger partial charge in [-0.15, -0.1) is 0 Å². The van der Waals surface area contributed by atoms with Crippen LogP contribution in [0.5, 0.6) is 5.75 Å². The summed E-state index contributed by atoms with van der Waals surface area (Å²) in [6.45, 7) is 2.07. The van der Waals surface area contributed by atoms with Gasteiger partial charge in [0.2, 0.25) is 0 Å². The number of rotatable bonds is 6. The first kappa shape index (κ1) is 14.9. The van der Waals surface area contributed by atoms with Gasteiger partial charge < -0.3 is 15.8 Å². The highest BCUT2D eigenvalue weighted by Crippen LogP contribution is 2.17. The van der Waals surface area contributed by atoms with Crippen LogP contribution in [0.3, 0.4) is 0 Å². The van der Waals surface area contributed by atoms with Gasteiger partial charge in [0.05, 0.1) is 0 Å². The number of aryl methyl sites for hydroxylation is 1. The number of nitrogens with two attached hydrogens (primary N) is 1. The minimum Gasteiger partial charge on any atom is -0.484 e. The molecule has 0 aromatic heterocycles. The second kappa shape index (κ2) is 7.33. The van der Waals surface area contributed by atoms with Gasteiger partial charge in [-0.25, -0.2) is 0 Å². The first-order valence-electron chi connectivity index (χ1n) is 7.05. The lowest BCUT2D eigenvalue weighted by molar-refractivity contribution is -0.118. The van der Waals surface area contributed by atoms with Gasteiger partial charge in [-0.3, -0.25) is 4.79 Å². The Bertz CT molecular complexity index is 611. The molecule has 2 aromatic rings. The predicted molar refractivity (Wildman–Crippen MR) is 85.4 cm³/mol. The first-order valence-corrected chi connectivity index (χ1v) is 7.05. The molecule has 4 heteroatoms. The van der Waals surface area contributed by atoms with Crippen molar-refractivity contribution in [2.75, 3.05) is 17.7 Å². The molecule has 0 aliphatic carbocycles. The van der Waals surface area contributed by atoms with Crippen molar-refractivity contribution in [2.45, 2.75) is 19.8 Å². The Kier molecular flexibility index (Phi) is 5.21. The summed E-state index contributed by atoms with van der Waals surface area (Å²) in [7, 11) is 0. The molecule has 0 heterocycles. The Labute approximate surface area is 124 Å². The number of nitrogens with one attached hydrogen (secondary N) is 1. The third-order valence-electron chi connectivity index (χ3n) is 3.04. The van der Waals surface area contributed by atoms with Crippen LogP contribution in [0.25, 0.3) is 0 Å². The Morgan fingerprint density at radius 2 is 2.00 bits per heavy atom. The maximum atomic E-state index is 12.0. The van der Waals surface area contributed by atoms with E-state index in [2.05, 4.69) is 12.2 Å². The number of amides is 1. The van der Waals surface area contributed by atoms with Crippen molar-refractivity contribution in [2.24, 2.45) is 0 Å². The number of para-hydroxylation sites is 1. The maximum absolute atomic E-state index is 12.0. The lowest BCUT2D eigenvalue weighted by atomic mass is 10.1. The molecule has 110 valence electrons. The molecule has 0 spiro atoms. The molecule has 21 heavy (non-hydrogen) atoms. The van der Waals surface area contributed by atoms with Gasteiger partial charge in [0.15, 0.2) is 6.61 Å². The summed E-state index contributed by atoms with van der Waals surface area (Å²) in [5.74, 6) is 0.410. The smallest absolute Gasteiger partial charge is 0.262 e. The average molecular weight is 284 g/mol. The zero-order valence-corrected chi connectivity index (χ0v) is 12.1. The van der Waals surface area contributed by atoms with Crippen LogP contribution in [0.4, 0.5) is 11.4 Å².